The number of rotatable bonds is 11. The van der Waals surface area contributed by atoms with E-state index in [2.05, 4.69) is 32.0 Å². The smallest absolute Gasteiger partial charge is 0.168 e. The SMILES string of the molecule is CCCCCOc1ccc2c(OCCCCC)c(OC)ccc2c1. The summed E-state index contributed by atoms with van der Waals surface area (Å²) in [6.45, 7) is 5.89. The van der Waals surface area contributed by atoms with Gasteiger partial charge in [0.05, 0.1) is 20.3 Å². The Morgan fingerprint density at radius 2 is 1.50 bits per heavy atom. The van der Waals surface area contributed by atoms with Gasteiger partial charge in [-0.15, -0.1) is 0 Å². The molecule has 2 aromatic rings. The van der Waals surface area contributed by atoms with Crippen LogP contribution >= 0.6 is 0 Å². The number of hydrogen-bond donors (Lipinski definition) is 0. The van der Waals surface area contributed by atoms with Gasteiger partial charge in [-0.25, -0.2) is 0 Å². The molecule has 0 aliphatic heterocycles. The number of unbranched alkanes of at least 4 members (excludes halogenated alkanes) is 4. The Bertz CT molecular complexity index is 622. The van der Waals surface area contributed by atoms with Crippen molar-refractivity contribution in [1.29, 1.82) is 0 Å². The number of ether oxygens (including phenoxy) is 3. The van der Waals surface area contributed by atoms with Crippen molar-refractivity contribution in [1.82, 2.24) is 0 Å². The second kappa shape index (κ2) is 10.1. The molecule has 0 unspecified atom stereocenters. The Balaban J connectivity index is 2.14. The van der Waals surface area contributed by atoms with E-state index in [4.69, 9.17) is 14.2 Å². The lowest BCUT2D eigenvalue weighted by Gasteiger charge is -2.14. The third-order valence-electron chi connectivity index (χ3n) is 4.14. The standard InChI is InChI=1S/C21H30O3/c1-4-6-8-14-23-18-11-12-19-17(16-18)10-13-20(22-3)21(19)24-15-9-7-5-2/h10-13,16H,4-9,14-15H2,1-3H3. The van der Waals surface area contributed by atoms with E-state index in [1.165, 1.54) is 25.7 Å². The maximum Gasteiger partial charge on any atom is 0.168 e. The number of benzene rings is 2. The first-order chi connectivity index (χ1) is 11.8. The van der Waals surface area contributed by atoms with Gasteiger partial charge in [0, 0.05) is 5.39 Å². The van der Waals surface area contributed by atoms with Crippen LogP contribution in [0.2, 0.25) is 0 Å². The largest absolute Gasteiger partial charge is 0.494 e. The van der Waals surface area contributed by atoms with E-state index >= 15 is 0 Å². The molecule has 0 heterocycles. The fraction of sp³-hybridized carbons (Fsp3) is 0.524. The summed E-state index contributed by atoms with van der Waals surface area (Å²) in [5.41, 5.74) is 0. The van der Waals surface area contributed by atoms with E-state index in [0.29, 0.717) is 0 Å². The van der Waals surface area contributed by atoms with Crippen LogP contribution in [0.4, 0.5) is 0 Å². The molecule has 0 saturated carbocycles. The molecule has 0 saturated heterocycles. The van der Waals surface area contributed by atoms with Crippen molar-refractivity contribution in [2.24, 2.45) is 0 Å². The minimum atomic E-state index is 0.721. The van der Waals surface area contributed by atoms with E-state index in [1.807, 2.05) is 12.1 Å². The van der Waals surface area contributed by atoms with Gasteiger partial charge in [-0.1, -0.05) is 45.6 Å². The molecule has 0 amide bonds. The molecule has 0 spiro atoms. The second-order valence-electron chi connectivity index (χ2n) is 6.09. The lowest BCUT2D eigenvalue weighted by Crippen LogP contribution is -2.00. The number of fused-ring (bicyclic) bond motifs is 1. The Morgan fingerprint density at radius 3 is 2.17 bits per heavy atom. The van der Waals surface area contributed by atoms with E-state index < -0.39 is 0 Å². The molecule has 0 bridgehead atoms. The van der Waals surface area contributed by atoms with Crippen LogP contribution < -0.4 is 14.2 Å². The predicted octanol–water partition coefficient (Wildman–Crippen LogP) is 5.99. The lowest BCUT2D eigenvalue weighted by molar-refractivity contribution is 0.289. The molecule has 0 aliphatic carbocycles. The van der Waals surface area contributed by atoms with Gasteiger partial charge in [0.15, 0.2) is 11.5 Å². The Labute approximate surface area is 145 Å². The highest BCUT2D eigenvalue weighted by molar-refractivity contribution is 5.91. The Hall–Kier alpha value is -1.90. The third kappa shape index (κ3) is 5.05. The molecule has 24 heavy (non-hydrogen) atoms. The Morgan fingerprint density at radius 1 is 0.792 bits per heavy atom. The third-order valence-corrected chi connectivity index (χ3v) is 4.14. The van der Waals surface area contributed by atoms with Crippen LogP contribution in [0, 0.1) is 0 Å². The zero-order valence-electron chi connectivity index (χ0n) is 15.3. The van der Waals surface area contributed by atoms with Gasteiger partial charge in [0.1, 0.15) is 5.75 Å². The zero-order valence-corrected chi connectivity index (χ0v) is 15.3. The van der Waals surface area contributed by atoms with Gasteiger partial charge in [-0.05, 0) is 42.5 Å². The summed E-state index contributed by atoms with van der Waals surface area (Å²) in [6.07, 6.45) is 6.95. The van der Waals surface area contributed by atoms with Gasteiger partial charge in [-0.2, -0.15) is 0 Å². The summed E-state index contributed by atoms with van der Waals surface area (Å²) >= 11 is 0. The van der Waals surface area contributed by atoms with E-state index in [-0.39, 0.29) is 0 Å². The molecular weight excluding hydrogens is 300 g/mol. The topological polar surface area (TPSA) is 27.7 Å². The monoisotopic (exact) mass is 330 g/mol. The van der Waals surface area contributed by atoms with Gasteiger partial charge >= 0.3 is 0 Å². The summed E-state index contributed by atoms with van der Waals surface area (Å²) in [5.74, 6) is 2.54. The van der Waals surface area contributed by atoms with Crippen molar-refractivity contribution in [3.05, 3.63) is 30.3 Å². The van der Waals surface area contributed by atoms with Gasteiger partial charge in [0.2, 0.25) is 0 Å². The quantitative estimate of drug-likeness (QED) is 0.474. The van der Waals surface area contributed by atoms with Crippen LogP contribution in [-0.2, 0) is 0 Å². The van der Waals surface area contributed by atoms with Crippen molar-refractivity contribution in [3.8, 4) is 17.2 Å². The predicted molar refractivity (Wildman–Crippen MR) is 101 cm³/mol. The molecule has 0 fully saturated rings. The normalized spacial score (nSPS) is 10.8. The van der Waals surface area contributed by atoms with Crippen molar-refractivity contribution in [2.75, 3.05) is 20.3 Å². The zero-order chi connectivity index (χ0) is 17.2. The molecule has 0 aromatic heterocycles. The average Bonchev–Trinajstić information content (AvgIpc) is 2.62. The first-order valence-corrected chi connectivity index (χ1v) is 9.16. The average molecular weight is 330 g/mol. The summed E-state index contributed by atoms with van der Waals surface area (Å²) in [6, 6.07) is 10.2. The van der Waals surface area contributed by atoms with Crippen molar-refractivity contribution in [3.63, 3.8) is 0 Å². The van der Waals surface area contributed by atoms with Crippen molar-refractivity contribution >= 4 is 10.8 Å². The molecule has 2 rings (SSSR count). The Kier molecular flexibility index (Phi) is 7.73. The van der Waals surface area contributed by atoms with Crippen molar-refractivity contribution in [2.45, 2.75) is 52.4 Å². The number of hydrogen-bond acceptors (Lipinski definition) is 3. The van der Waals surface area contributed by atoms with Crippen LogP contribution in [0.15, 0.2) is 30.3 Å². The van der Waals surface area contributed by atoms with Crippen LogP contribution in [0.25, 0.3) is 10.8 Å². The maximum absolute atomic E-state index is 6.03. The van der Waals surface area contributed by atoms with E-state index in [0.717, 1.165) is 54.1 Å². The summed E-state index contributed by atoms with van der Waals surface area (Å²) in [4.78, 5) is 0. The fourth-order valence-corrected chi connectivity index (χ4v) is 2.73. The van der Waals surface area contributed by atoms with Crippen molar-refractivity contribution < 1.29 is 14.2 Å². The second-order valence-corrected chi connectivity index (χ2v) is 6.09. The summed E-state index contributed by atoms with van der Waals surface area (Å²) < 4.78 is 17.4. The summed E-state index contributed by atoms with van der Waals surface area (Å²) in [7, 11) is 1.69. The molecule has 0 aliphatic rings. The van der Waals surface area contributed by atoms with Gasteiger partial charge in [-0.3, -0.25) is 0 Å². The highest BCUT2D eigenvalue weighted by atomic mass is 16.5. The molecule has 0 atom stereocenters. The minimum Gasteiger partial charge on any atom is -0.494 e. The molecule has 3 nitrogen and oxygen atoms in total. The highest BCUT2D eigenvalue weighted by Gasteiger charge is 2.10. The first-order valence-electron chi connectivity index (χ1n) is 9.16. The van der Waals surface area contributed by atoms with Crippen LogP contribution in [0.3, 0.4) is 0 Å². The molecule has 0 N–H and O–H groups in total. The first kappa shape index (κ1) is 18.4. The summed E-state index contributed by atoms with van der Waals surface area (Å²) in [5, 5.41) is 2.20. The molecular formula is C21H30O3. The molecule has 2 aromatic carbocycles. The molecule has 0 radical (unpaired) electrons. The lowest BCUT2D eigenvalue weighted by atomic mass is 10.1. The van der Waals surface area contributed by atoms with Crippen LogP contribution in [-0.4, -0.2) is 20.3 Å². The van der Waals surface area contributed by atoms with E-state index in [9.17, 15) is 0 Å². The van der Waals surface area contributed by atoms with Crippen LogP contribution in [0.1, 0.15) is 52.4 Å². The van der Waals surface area contributed by atoms with Gasteiger partial charge < -0.3 is 14.2 Å². The molecule has 132 valence electrons. The van der Waals surface area contributed by atoms with Crippen LogP contribution in [0.5, 0.6) is 17.2 Å². The highest BCUT2D eigenvalue weighted by Crippen LogP contribution is 2.37. The number of methoxy groups -OCH3 is 1. The van der Waals surface area contributed by atoms with E-state index in [1.54, 1.807) is 7.11 Å². The molecule has 3 heteroatoms. The fourth-order valence-electron chi connectivity index (χ4n) is 2.73. The van der Waals surface area contributed by atoms with Gasteiger partial charge in [0.25, 0.3) is 0 Å². The maximum atomic E-state index is 6.03. The minimum absolute atomic E-state index is 0.721.